The van der Waals surface area contributed by atoms with Crippen molar-refractivity contribution < 1.29 is 4.39 Å². The molecule has 0 atom stereocenters. The van der Waals surface area contributed by atoms with E-state index in [-0.39, 0.29) is 11.2 Å². The zero-order valence-electron chi connectivity index (χ0n) is 6.47. The summed E-state index contributed by atoms with van der Waals surface area (Å²) in [6, 6.07) is 4.03. The number of aromatic amines is 1. The molecule has 1 heterocycles. The van der Waals surface area contributed by atoms with Crippen LogP contribution in [0.25, 0.3) is 10.9 Å². The number of halogens is 2. The van der Waals surface area contributed by atoms with Gasteiger partial charge < -0.3 is 4.98 Å². The molecule has 2 aromatic rings. The van der Waals surface area contributed by atoms with Gasteiger partial charge in [-0.25, -0.2) is 4.39 Å². The van der Waals surface area contributed by atoms with Crippen molar-refractivity contribution in [2.24, 2.45) is 0 Å². The molecule has 1 N–H and O–H groups in total. The molecule has 66 valence electrons. The first kappa shape index (κ1) is 8.44. The van der Waals surface area contributed by atoms with E-state index in [0.29, 0.717) is 15.4 Å². The van der Waals surface area contributed by atoms with Gasteiger partial charge in [-0.1, -0.05) is 0 Å². The highest BCUT2D eigenvalue weighted by Crippen LogP contribution is 2.12. The third-order valence-electron chi connectivity index (χ3n) is 1.80. The van der Waals surface area contributed by atoms with E-state index >= 15 is 0 Å². The minimum atomic E-state index is -0.356. The van der Waals surface area contributed by atoms with Crippen molar-refractivity contribution in [3.8, 4) is 0 Å². The van der Waals surface area contributed by atoms with E-state index in [0.717, 1.165) is 0 Å². The number of nitrogens with one attached hydrogen (secondary N) is 1. The van der Waals surface area contributed by atoms with Crippen LogP contribution in [0.15, 0.2) is 33.7 Å². The van der Waals surface area contributed by atoms with Gasteiger partial charge in [0.2, 0.25) is 5.43 Å². The van der Waals surface area contributed by atoms with Crippen molar-refractivity contribution in [1.82, 2.24) is 4.98 Å². The van der Waals surface area contributed by atoms with Crippen molar-refractivity contribution in [3.05, 3.63) is 44.9 Å². The Kier molecular flexibility index (Phi) is 1.92. The van der Waals surface area contributed by atoms with Crippen molar-refractivity contribution in [1.29, 1.82) is 0 Å². The monoisotopic (exact) mass is 241 g/mol. The van der Waals surface area contributed by atoms with E-state index in [2.05, 4.69) is 20.9 Å². The minimum Gasteiger partial charge on any atom is -0.360 e. The Hall–Kier alpha value is -1.16. The lowest BCUT2D eigenvalue weighted by Crippen LogP contribution is -2.03. The maximum atomic E-state index is 12.7. The quantitative estimate of drug-likeness (QED) is 0.756. The topological polar surface area (TPSA) is 32.9 Å². The van der Waals surface area contributed by atoms with Crippen molar-refractivity contribution >= 4 is 26.8 Å². The number of H-pyrrole nitrogens is 1. The molecule has 2 nitrogen and oxygen atoms in total. The Morgan fingerprint density at radius 3 is 2.92 bits per heavy atom. The number of pyridine rings is 1. The van der Waals surface area contributed by atoms with Crippen LogP contribution >= 0.6 is 15.9 Å². The third-order valence-corrected chi connectivity index (χ3v) is 2.39. The summed E-state index contributed by atoms with van der Waals surface area (Å²) in [7, 11) is 0. The van der Waals surface area contributed by atoms with Crippen molar-refractivity contribution in [2.45, 2.75) is 0 Å². The summed E-state index contributed by atoms with van der Waals surface area (Å²) in [5, 5.41) is 0.482. The van der Waals surface area contributed by atoms with E-state index in [4.69, 9.17) is 0 Å². The lowest BCUT2D eigenvalue weighted by atomic mass is 10.2. The summed E-state index contributed by atoms with van der Waals surface area (Å²) in [5.41, 5.74) is 0.377. The number of fused-ring (bicyclic) bond motifs is 1. The van der Waals surface area contributed by atoms with Gasteiger partial charge in [0, 0.05) is 11.6 Å². The zero-order valence-corrected chi connectivity index (χ0v) is 8.06. The molecular weight excluding hydrogens is 237 g/mol. The molecule has 13 heavy (non-hydrogen) atoms. The van der Waals surface area contributed by atoms with E-state index < -0.39 is 0 Å². The van der Waals surface area contributed by atoms with Crippen LogP contribution in [0.1, 0.15) is 0 Å². The molecule has 0 saturated carbocycles. The fraction of sp³-hybridized carbons (Fsp3) is 0. The van der Waals surface area contributed by atoms with Gasteiger partial charge in [-0.2, -0.15) is 0 Å². The summed E-state index contributed by atoms with van der Waals surface area (Å²) in [4.78, 5) is 14.3. The van der Waals surface area contributed by atoms with E-state index in [9.17, 15) is 9.18 Å². The highest BCUT2D eigenvalue weighted by Gasteiger charge is 2.02. The highest BCUT2D eigenvalue weighted by molar-refractivity contribution is 9.10. The smallest absolute Gasteiger partial charge is 0.203 e. The van der Waals surface area contributed by atoms with Gasteiger partial charge in [-0.3, -0.25) is 4.79 Å². The molecule has 0 aliphatic rings. The summed E-state index contributed by atoms with van der Waals surface area (Å²) in [5.74, 6) is -0.356. The molecule has 0 aliphatic carbocycles. The first-order valence-electron chi connectivity index (χ1n) is 3.65. The van der Waals surface area contributed by atoms with Gasteiger partial charge in [0.25, 0.3) is 0 Å². The second-order valence-electron chi connectivity index (χ2n) is 2.66. The van der Waals surface area contributed by atoms with Crippen LogP contribution in [-0.4, -0.2) is 4.98 Å². The number of hydrogen-bond donors (Lipinski definition) is 1. The van der Waals surface area contributed by atoms with Crippen LogP contribution in [-0.2, 0) is 0 Å². The van der Waals surface area contributed by atoms with Crippen molar-refractivity contribution in [3.63, 3.8) is 0 Å². The molecule has 0 spiro atoms. The normalized spacial score (nSPS) is 10.6. The Balaban J connectivity index is 2.95. The highest BCUT2D eigenvalue weighted by atomic mass is 79.9. The third kappa shape index (κ3) is 1.37. The molecule has 4 heteroatoms. The van der Waals surface area contributed by atoms with Crippen LogP contribution in [0.3, 0.4) is 0 Å². The zero-order chi connectivity index (χ0) is 9.42. The molecule has 1 aromatic heterocycles. The fourth-order valence-electron chi connectivity index (χ4n) is 1.17. The SMILES string of the molecule is O=c1c(Br)c[nH]c2cc(F)ccc12. The van der Waals surface area contributed by atoms with Crippen LogP contribution in [0, 0.1) is 5.82 Å². The molecule has 0 unspecified atom stereocenters. The van der Waals surface area contributed by atoms with Crippen LogP contribution in [0.2, 0.25) is 0 Å². The van der Waals surface area contributed by atoms with Gasteiger partial charge in [-0.15, -0.1) is 0 Å². The van der Waals surface area contributed by atoms with Crippen LogP contribution in [0.4, 0.5) is 4.39 Å². The summed E-state index contributed by atoms with van der Waals surface area (Å²) >= 11 is 3.10. The Labute approximate surface area is 81.5 Å². The van der Waals surface area contributed by atoms with Gasteiger partial charge in [0.1, 0.15) is 5.82 Å². The standard InChI is InChI=1S/C9H5BrFNO/c10-7-4-12-8-3-5(11)1-2-6(8)9(7)13/h1-4H,(H,12,13). The molecule has 0 amide bonds. The fourth-order valence-corrected chi connectivity index (χ4v) is 1.50. The first-order chi connectivity index (χ1) is 6.18. The number of rotatable bonds is 0. The average Bonchev–Trinajstić information content (AvgIpc) is 2.12. The van der Waals surface area contributed by atoms with Gasteiger partial charge >= 0.3 is 0 Å². The van der Waals surface area contributed by atoms with E-state index in [1.165, 1.54) is 24.4 Å². The number of benzene rings is 1. The van der Waals surface area contributed by atoms with Gasteiger partial charge in [0.05, 0.1) is 9.99 Å². The maximum absolute atomic E-state index is 12.7. The predicted octanol–water partition coefficient (Wildman–Crippen LogP) is 2.43. The predicted molar refractivity (Wildman–Crippen MR) is 52.2 cm³/mol. The molecule has 1 aromatic carbocycles. The average molecular weight is 242 g/mol. The summed E-state index contributed by atoms with van der Waals surface area (Å²) in [6.45, 7) is 0. The Bertz CT molecular complexity index is 520. The molecule has 0 saturated heterocycles. The molecular formula is C9H5BrFNO. The number of aromatic nitrogens is 1. The molecule has 2 rings (SSSR count). The molecule has 0 bridgehead atoms. The van der Waals surface area contributed by atoms with Gasteiger partial charge in [0.15, 0.2) is 0 Å². The van der Waals surface area contributed by atoms with Gasteiger partial charge in [-0.05, 0) is 34.1 Å². The second-order valence-corrected chi connectivity index (χ2v) is 3.51. The minimum absolute atomic E-state index is 0.131. The first-order valence-corrected chi connectivity index (χ1v) is 4.44. The summed E-state index contributed by atoms with van der Waals surface area (Å²) < 4.78 is 13.2. The lowest BCUT2D eigenvalue weighted by molar-refractivity contribution is 0.629. The number of hydrogen-bond acceptors (Lipinski definition) is 1. The summed E-state index contributed by atoms with van der Waals surface area (Å²) in [6.07, 6.45) is 1.50. The molecule has 0 aliphatic heterocycles. The van der Waals surface area contributed by atoms with Crippen LogP contribution in [0.5, 0.6) is 0 Å². The molecule has 0 fully saturated rings. The van der Waals surface area contributed by atoms with E-state index in [1.54, 1.807) is 0 Å². The Morgan fingerprint density at radius 2 is 2.15 bits per heavy atom. The largest absolute Gasteiger partial charge is 0.360 e. The van der Waals surface area contributed by atoms with Crippen molar-refractivity contribution in [2.75, 3.05) is 0 Å². The Morgan fingerprint density at radius 1 is 1.38 bits per heavy atom. The lowest BCUT2D eigenvalue weighted by Gasteiger charge is -1.97. The van der Waals surface area contributed by atoms with Crippen LogP contribution < -0.4 is 5.43 Å². The molecule has 0 radical (unpaired) electrons. The second kappa shape index (κ2) is 2.96. The maximum Gasteiger partial charge on any atom is 0.203 e. The van der Waals surface area contributed by atoms with E-state index in [1.807, 2.05) is 0 Å².